The molecule has 2 atom stereocenters. The van der Waals surface area contributed by atoms with Crippen molar-refractivity contribution in [2.24, 2.45) is 0 Å². The van der Waals surface area contributed by atoms with Crippen molar-refractivity contribution in [3.8, 4) is 11.3 Å². The number of benzene rings is 1. The molecule has 200 valence electrons. The van der Waals surface area contributed by atoms with Gasteiger partial charge in [0.05, 0.1) is 35.1 Å². The summed E-state index contributed by atoms with van der Waals surface area (Å²) in [4.78, 5) is 27.0. The van der Waals surface area contributed by atoms with E-state index in [4.69, 9.17) is 27.2 Å². The van der Waals surface area contributed by atoms with Crippen LogP contribution in [0, 0.1) is 5.82 Å². The Hall–Kier alpha value is -2.82. The van der Waals surface area contributed by atoms with Crippen LogP contribution in [0.1, 0.15) is 64.7 Å². The predicted molar refractivity (Wildman–Crippen MR) is 141 cm³/mol. The fourth-order valence-corrected chi connectivity index (χ4v) is 5.05. The van der Waals surface area contributed by atoms with E-state index in [2.05, 4.69) is 15.0 Å². The van der Waals surface area contributed by atoms with Gasteiger partial charge in [-0.3, -0.25) is 4.79 Å². The maximum absolute atomic E-state index is 15.1. The van der Waals surface area contributed by atoms with Crippen LogP contribution in [-0.2, 0) is 9.53 Å². The zero-order valence-electron chi connectivity index (χ0n) is 21.6. The van der Waals surface area contributed by atoms with Crippen LogP contribution >= 0.6 is 11.6 Å². The van der Waals surface area contributed by atoms with Gasteiger partial charge in [-0.1, -0.05) is 11.6 Å². The normalized spacial score (nSPS) is 20.1. The second-order valence-corrected chi connectivity index (χ2v) is 10.5. The van der Waals surface area contributed by atoms with E-state index in [1.54, 1.807) is 0 Å². The number of anilines is 1. The van der Waals surface area contributed by atoms with Crippen molar-refractivity contribution < 1.29 is 19.0 Å². The van der Waals surface area contributed by atoms with Crippen molar-refractivity contribution in [1.29, 1.82) is 0 Å². The number of aromatic nitrogens is 4. The summed E-state index contributed by atoms with van der Waals surface area (Å²) in [6, 6.07) is 3.32. The summed E-state index contributed by atoms with van der Waals surface area (Å²) in [5.74, 6) is 0.325. The van der Waals surface area contributed by atoms with Crippen LogP contribution < -0.4 is 5.73 Å². The fraction of sp³-hybridized carbons (Fsp3) is 0.538. The Balaban J connectivity index is 0.000000396. The first-order valence-corrected chi connectivity index (χ1v) is 13.0. The lowest BCUT2D eigenvalue weighted by Crippen LogP contribution is -2.32. The van der Waals surface area contributed by atoms with Crippen molar-refractivity contribution >= 4 is 34.5 Å². The highest BCUT2D eigenvalue weighted by Gasteiger charge is 2.36. The number of hydrogen-bond donors (Lipinski definition) is 2. The monoisotopic (exact) mass is 532 g/mol. The molecule has 4 heterocycles. The molecule has 2 aliphatic heterocycles. The number of nitrogens with zero attached hydrogens (tertiary/aromatic N) is 5. The van der Waals surface area contributed by atoms with Gasteiger partial charge in [0, 0.05) is 43.1 Å². The van der Waals surface area contributed by atoms with Crippen LogP contribution in [0.2, 0.25) is 5.02 Å². The van der Waals surface area contributed by atoms with Crippen LogP contribution in [0.5, 0.6) is 0 Å². The molecule has 11 heteroatoms. The maximum Gasteiger partial charge on any atom is 0.223 e. The maximum atomic E-state index is 15.1. The molecule has 2 saturated heterocycles. The molecule has 2 fully saturated rings. The number of imidazole rings is 1. The number of hydrogen-bond acceptors (Lipinski definition) is 7. The van der Waals surface area contributed by atoms with Crippen molar-refractivity contribution in [3.63, 3.8) is 0 Å². The van der Waals surface area contributed by atoms with Crippen LogP contribution in [0.15, 0.2) is 18.3 Å². The highest BCUT2D eigenvalue weighted by Crippen LogP contribution is 2.36. The summed E-state index contributed by atoms with van der Waals surface area (Å²) in [5.41, 5.74) is 7.48. The number of amides is 1. The number of ether oxygens (including phenoxy) is 1. The zero-order valence-corrected chi connectivity index (χ0v) is 22.4. The number of halogens is 2. The Morgan fingerprint density at radius 1 is 1.22 bits per heavy atom. The minimum atomic E-state index is -0.471. The molecule has 0 aliphatic carbocycles. The van der Waals surface area contributed by atoms with Crippen LogP contribution in [0.4, 0.5) is 10.3 Å². The highest BCUT2D eigenvalue weighted by molar-refractivity contribution is 6.33. The molecule has 2 unspecified atom stereocenters. The Kier molecular flexibility index (Phi) is 8.30. The number of nitrogen functional groups attached to an aromatic ring is 1. The summed E-state index contributed by atoms with van der Waals surface area (Å²) in [5, 5.41) is 9.07. The molecule has 0 saturated carbocycles. The Labute approximate surface area is 220 Å². The lowest BCUT2D eigenvalue weighted by Gasteiger charge is -2.21. The minimum absolute atomic E-state index is 0.0220. The minimum Gasteiger partial charge on any atom is -0.391 e. The molecule has 9 nitrogen and oxygen atoms in total. The molecular weight excluding hydrogens is 499 g/mol. The van der Waals surface area contributed by atoms with Gasteiger partial charge in [0.15, 0.2) is 5.82 Å². The lowest BCUT2D eigenvalue weighted by molar-refractivity contribution is -0.129. The van der Waals surface area contributed by atoms with Gasteiger partial charge >= 0.3 is 0 Å². The van der Waals surface area contributed by atoms with Crippen molar-refractivity contribution in [2.75, 3.05) is 25.5 Å². The SMILES string of the molecule is CC(C)N1CC(c2nc3c(F)cc(-c4nc(N)ncc4Cl)cc3n2C(C)C)CC1=O.OC1CCCOC1. The molecule has 0 spiro atoms. The third-order valence-electron chi connectivity index (χ3n) is 6.61. The quantitative estimate of drug-likeness (QED) is 0.513. The molecular formula is C26H34ClFN6O3. The second-order valence-electron chi connectivity index (χ2n) is 10.1. The summed E-state index contributed by atoms with van der Waals surface area (Å²) in [6.07, 6.45) is 3.52. The smallest absolute Gasteiger partial charge is 0.223 e. The number of fused-ring (bicyclic) bond motifs is 1. The van der Waals surface area contributed by atoms with Gasteiger partial charge in [0.2, 0.25) is 11.9 Å². The Morgan fingerprint density at radius 3 is 2.54 bits per heavy atom. The fourth-order valence-electron chi connectivity index (χ4n) is 4.85. The number of rotatable bonds is 4. The van der Waals surface area contributed by atoms with Gasteiger partial charge < -0.3 is 25.0 Å². The Bertz CT molecular complexity index is 1270. The highest BCUT2D eigenvalue weighted by atomic mass is 35.5. The Morgan fingerprint density at radius 2 is 1.97 bits per heavy atom. The standard InChI is InChI=1S/C21H24ClFN6O.C5H10O2/c1-10(2)28-9-13(7-17(28)30)20-26-19-15(23)5-12(6-16(19)29(20)11(3)4)18-14(22)8-25-21(24)27-18;6-5-2-1-3-7-4-5/h5-6,8,10-11,13H,7,9H2,1-4H3,(H2,24,25,27);5-6H,1-4H2. The number of carbonyl (C=O) groups excluding carboxylic acids is 1. The van der Waals surface area contributed by atoms with E-state index in [0.29, 0.717) is 36.3 Å². The van der Waals surface area contributed by atoms with Crippen molar-refractivity contribution in [1.82, 2.24) is 24.4 Å². The van der Waals surface area contributed by atoms with Crippen molar-refractivity contribution in [2.45, 2.75) is 71.1 Å². The third-order valence-corrected chi connectivity index (χ3v) is 6.89. The van der Waals surface area contributed by atoms with E-state index in [1.165, 1.54) is 12.3 Å². The molecule has 37 heavy (non-hydrogen) atoms. The van der Waals surface area contributed by atoms with Gasteiger partial charge in [-0.15, -0.1) is 0 Å². The number of likely N-dealkylation sites (tertiary alicyclic amines) is 1. The number of nitrogens with two attached hydrogens (primary N) is 1. The summed E-state index contributed by atoms with van der Waals surface area (Å²) in [7, 11) is 0. The summed E-state index contributed by atoms with van der Waals surface area (Å²) >= 11 is 6.24. The largest absolute Gasteiger partial charge is 0.391 e. The van der Waals surface area contributed by atoms with Gasteiger partial charge in [0.25, 0.3) is 0 Å². The summed E-state index contributed by atoms with van der Waals surface area (Å²) in [6.45, 7) is 9.97. The van der Waals surface area contributed by atoms with Gasteiger partial charge in [-0.25, -0.2) is 19.3 Å². The third kappa shape index (κ3) is 5.86. The molecule has 0 radical (unpaired) electrons. The van der Waals surface area contributed by atoms with E-state index < -0.39 is 5.82 Å². The lowest BCUT2D eigenvalue weighted by atomic mass is 10.1. The van der Waals surface area contributed by atoms with E-state index >= 15 is 4.39 Å². The molecule has 1 amide bonds. The van der Waals surface area contributed by atoms with Gasteiger partial charge in [-0.2, -0.15) is 0 Å². The molecule has 3 N–H and O–H groups in total. The number of aliphatic hydroxyl groups is 1. The van der Waals surface area contributed by atoms with Crippen LogP contribution in [-0.4, -0.2) is 67.3 Å². The number of aliphatic hydroxyl groups excluding tert-OH is 1. The zero-order chi connectivity index (χ0) is 26.9. The molecule has 2 aromatic heterocycles. The topological polar surface area (TPSA) is 119 Å². The average Bonchev–Trinajstić information content (AvgIpc) is 3.42. The van der Waals surface area contributed by atoms with Crippen LogP contribution in [0.3, 0.4) is 0 Å². The van der Waals surface area contributed by atoms with Gasteiger partial charge in [-0.05, 0) is 52.7 Å². The molecule has 1 aromatic carbocycles. The summed E-state index contributed by atoms with van der Waals surface area (Å²) < 4.78 is 22.1. The van der Waals surface area contributed by atoms with Crippen molar-refractivity contribution in [3.05, 3.63) is 35.0 Å². The molecule has 0 bridgehead atoms. The number of carbonyl (C=O) groups is 1. The van der Waals surface area contributed by atoms with E-state index in [1.807, 2.05) is 43.2 Å². The predicted octanol–water partition coefficient (Wildman–Crippen LogP) is 4.33. The second kappa shape index (κ2) is 11.3. The van der Waals surface area contributed by atoms with Crippen LogP contribution in [0.25, 0.3) is 22.3 Å². The van der Waals surface area contributed by atoms with E-state index in [9.17, 15) is 4.79 Å². The first-order valence-electron chi connectivity index (χ1n) is 12.6. The average molecular weight is 533 g/mol. The molecule has 5 rings (SSSR count). The molecule has 2 aliphatic rings. The first-order chi connectivity index (χ1) is 17.6. The first kappa shape index (κ1) is 27.2. The van der Waals surface area contributed by atoms with E-state index in [0.717, 1.165) is 25.3 Å². The molecule has 3 aromatic rings. The van der Waals surface area contributed by atoms with E-state index in [-0.39, 0.29) is 46.5 Å². The van der Waals surface area contributed by atoms with Gasteiger partial charge in [0.1, 0.15) is 11.3 Å².